The van der Waals surface area contributed by atoms with Gasteiger partial charge in [0.1, 0.15) is 0 Å². The zero-order valence-electron chi connectivity index (χ0n) is 13.2. The van der Waals surface area contributed by atoms with Crippen LogP contribution in [0.1, 0.15) is 5.56 Å². The Morgan fingerprint density at radius 3 is 2.79 bits per heavy atom. The smallest absolute Gasteiger partial charge is 0.204 e. The Morgan fingerprint density at radius 1 is 1.08 bits per heavy atom. The topological polar surface area (TPSA) is 40.5 Å². The molecule has 1 aliphatic rings. The highest BCUT2D eigenvalue weighted by molar-refractivity contribution is 7.22. The zero-order valence-corrected chi connectivity index (χ0v) is 14.0. The van der Waals surface area contributed by atoms with E-state index < -0.39 is 0 Å². The van der Waals surface area contributed by atoms with E-state index in [9.17, 15) is 0 Å². The van der Waals surface area contributed by atoms with E-state index >= 15 is 0 Å². The molecule has 0 amide bonds. The maximum atomic E-state index is 4.75. The summed E-state index contributed by atoms with van der Waals surface area (Å²) in [5.41, 5.74) is 2.34. The summed E-state index contributed by atoms with van der Waals surface area (Å²) >= 11 is 1.70. The van der Waals surface area contributed by atoms with Crippen molar-refractivity contribution in [1.29, 1.82) is 0 Å². The number of fused-ring (bicyclic) bond motifs is 1. The predicted octanol–water partition coefficient (Wildman–Crippen LogP) is 3.82. The molecule has 1 aromatic heterocycles. The molecule has 0 spiro atoms. The fraction of sp³-hybridized carbons (Fsp3) is 0.158. The first kappa shape index (κ1) is 14.9. The van der Waals surface area contributed by atoms with Crippen molar-refractivity contribution in [3.05, 3.63) is 72.4 Å². The molecule has 3 aromatic rings. The first-order valence-electron chi connectivity index (χ1n) is 8.03. The van der Waals surface area contributed by atoms with Gasteiger partial charge in [0.05, 0.1) is 10.2 Å². The van der Waals surface area contributed by atoms with Crippen LogP contribution in [0.2, 0.25) is 0 Å². The van der Waals surface area contributed by atoms with Crippen LogP contribution in [-0.2, 0) is 6.42 Å². The molecule has 0 aliphatic carbocycles. The van der Waals surface area contributed by atoms with Gasteiger partial charge in [0.25, 0.3) is 0 Å². The number of benzene rings is 2. The molecule has 2 heterocycles. The average molecular weight is 334 g/mol. The molecule has 1 N–H and O–H groups in total. The standard InChI is InChI=1S/C19H18N4S/c1-2-7-15(8-3-1)11-13-21-18-20-12-6-14-23(18)19-22-16-9-4-5-10-17(16)24-19/h1-10,12H,11,13-14H2,(H,20,21). The third kappa shape index (κ3) is 3.16. The van der Waals surface area contributed by atoms with Crippen molar-refractivity contribution < 1.29 is 0 Å². The Morgan fingerprint density at radius 2 is 1.92 bits per heavy atom. The number of nitrogens with one attached hydrogen (secondary N) is 1. The Bertz CT molecular complexity index is 850. The number of aliphatic imine (C=N–C) groups is 1. The number of nitrogens with zero attached hydrogens (tertiary/aromatic N) is 3. The van der Waals surface area contributed by atoms with Gasteiger partial charge in [-0.15, -0.1) is 0 Å². The lowest BCUT2D eigenvalue weighted by Crippen LogP contribution is -2.42. The monoisotopic (exact) mass is 334 g/mol. The summed E-state index contributed by atoms with van der Waals surface area (Å²) in [6.45, 7) is 1.54. The number of aromatic nitrogens is 1. The Balaban J connectivity index is 1.54. The van der Waals surface area contributed by atoms with Gasteiger partial charge in [0, 0.05) is 19.3 Å². The maximum absolute atomic E-state index is 4.75. The fourth-order valence-electron chi connectivity index (χ4n) is 2.67. The van der Waals surface area contributed by atoms with Crippen molar-refractivity contribution in [2.24, 2.45) is 4.99 Å². The summed E-state index contributed by atoms with van der Waals surface area (Å²) in [6.07, 6.45) is 4.97. The van der Waals surface area contributed by atoms with Crippen LogP contribution in [0.15, 0.2) is 71.9 Å². The molecule has 0 saturated carbocycles. The first-order valence-corrected chi connectivity index (χ1v) is 8.85. The predicted molar refractivity (Wildman–Crippen MR) is 102 cm³/mol. The Kier molecular flexibility index (Phi) is 4.25. The number of hydrogen-bond donors (Lipinski definition) is 1. The minimum Gasteiger partial charge on any atom is -0.333 e. The van der Waals surface area contributed by atoms with Crippen molar-refractivity contribution in [3.8, 4) is 0 Å². The van der Waals surface area contributed by atoms with Gasteiger partial charge in [-0.25, -0.2) is 4.98 Å². The fourth-order valence-corrected chi connectivity index (χ4v) is 3.64. The van der Waals surface area contributed by atoms with E-state index in [2.05, 4.69) is 52.7 Å². The van der Waals surface area contributed by atoms with E-state index in [0.29, 0.717) is 0 Å². The quantitative estimate of drug-likeness (QED) is 0.788. The third-order valence-electron chi connectivity index (χ3n) is 3.89. The number of rotatable bonds is 4. The van der Waals surface area contributed by atoms with Crippen molar-refractivity contribution >= 4 is 32.6 Å². The lowest BCUT2D eigenvalue weighted by molar-refractivity contribution is 0.921. The van der Waals surface area contributed by atoms with Crippen LogP contribution in [0.3, 0.4) is 0 Å². The van der Waals surface area contributed by atoms with Gasteiger partial charge in [-0.05, 0) is 30.2 Å². The first-order chi connectivity index (χ1) is 11.9. The van der Waals surface area contributed by atoms with E-state index in [1.807, 2.05) is 24.4 Å². The lowest BCUT2D eigenvalue weighted by atomic mass is 10.2. The zero-order chi connectivity index (χ0) is 16.2. The molecule has 24 heavy (non-hydrogen) atoms. The average Bonchev–Trinajstić information content (AvgIpc) is 3.07. The molecule has 0 unspecified atom stereocenters. The minimum absolute atomic E-state index is 0.752. The summed E-state index contributed by atoms with van der Waals surface area (Å²) in [4.78, 5) is 11.6. The van der Waals surface area contributed by atoms with Gasteiger partial charge in [-0.1, -0.05) is 53.8 Å². The molecule has 0 bridgehead atoms. The lowest BCUT2D eigenvalue weighted by Gasteiger charge is -2.25. The number of hydrogen-bond acceptors (Lipinski definition) is 3. The van der Waals surface area contributed by atoms with E-state index in [-0.39, 0.29) is 0 Å². The summed E-state index contributed by atoms with van der Waals surface area (Å²) < 4.78 is 1.20. The summed E-state index contributed by atoms with van der Waals surface area (Å²) in [5.74, 6) is 0.868. The second kappa shape index (κ2) is 6.84. The second-order valence-corrected chi connectivity index (χ2v) is 6.57. The SMILES string of the molecule is C1=CNC(=NCCc2ccccc2)N(c2nc3ccccc3s2)C1. The van der Waals surface area contributed by atoms with Crippen molar-refractivity contribution in [2.75, 3.05) is 18.0 Å². The van der Waals surface area contributed by atoms with Crippen LogP contribution in [-0.4, -0.2) is 24.0 Å². The normalized spacial score (nSPS) is 15.8. The van der Waals surface area contributed by atoms with Gasteiger partial charge in [-0.2, -0.15) is 0 Å². The van der Waals surface area contributed by atoms with Gasteiger partial charge in [0.15, 0.2) is 5.13 Å². The summed E-state index contributed by atoms with van der Waals surface area (Å²) in [7, 11) is 0. The number of para-hydroxylation sites is 1. The van der Waals surface area contributed by atoms with E-state index in [0.717, 1.165) is 36.1 Å². The minimum atomic E-state index is 0.752. The van der Waals surface area contributed by atoms with Crippen molar-refractivity contribution in [1.82, 2.24) is 10.3 Å². The van der Waals surface area contributed by atoms with Gasteiger partial charge in [0.2, 0.25) is 5.96 Å². The molecule has 4 rings (SSSR count). The largest absolute Gasteiger partial charge is 0.333 e. The highest BCUT2D eigenvalue weighted by Gasteiger charge is 2.18. The molecular weight excluding hydrogens is 316 g/mol. The van der Waals surface area contributed by atoms with Crippen LogP contribution >= 0.6 is 11.3 Å². The van der Waals surface area contributed by atoms with E-state index in [1.54, 1.807) is 11.3 Å². The maximum Gasteiger partial charge on any atom is 0.204 e. The molecule has 5 heteroatoms. The number of anilines is 1. The third-order valence-corrected chi connectivity index (χ3v) is 4.95. The molecule has 0 atom stereocenters. The van der Waals surface area contributed by atoms with Crippen LogP contribution in [0.4, 0.5) is 5.13 Å². The highest BCUT2D eigenvalue weighted by atomic mass is 32.1. The molecular formula is C19H18N4S. The molecule has 1 aliphatic heterocycles. The number of thiazole rings is 1. The van der Waals surface area contributed by atoms with Gasteiger partial charge < -0.3 is 5.32 Å². The second-order valence-electron chi connectivity index (χ2n) is 5.56. The number of guanidine groups is 1. The molecule has 0 radical (unpaired) electrons. The molecule has 2 aromatic carbocycles. The van der Waals surface area contributed by atoms with E-state index in [4.69, 9.17) is 9.98 Å². The van der Waals surface area contributed by atoms with Crippen LogP contribution in [0, 0.1) is 0 Å². The van der Waals surface area contributed by atoms with E-state index in [1.165, 1.54) is 10.3 Å². The summed E-state index contributed by atoms with van der Waals surface area (Å²) in [6, 6.07) is 18.7. The molecule has 0 fully saturated rings. The van der Waals surface area contributed by atoms with Crippen LogP contribution in [0.5, 0.6) is 0 Å². The summed E-state index contributed by atoms with van der Waals surface area (Å²) in [5, 5.41) is 4.24. The Hall–Kier alpha value is -2.66. The van der Waals surface area contributed by atoms with Gasteiger partial charge in [-0.3, -0.25) is 9.89 Å². The van der Waals surface area contributed by atoms with Crippen molar-refractivity contribution in [3.63, 3.8) is 0 Å². The molecule has 0 saturated heterocycles. The van der Waals surface area contributed by atoms with Crippen molar-refractivity contribution in [2.45, 2.75) is 6.42 Å². The van der Waals surface area contributed by atoms with Crippen LogP contribution in [0.25, 0.3) is 10.2 Å². The van der Waals surface area contributed by atoms with Gasteiger partial charge >= 0.3 is 0 Å². The van der Waals surface area contributed by atoms with Crippen LogP contribution < -0.4 is 10.2 Å². The molecule has 4 nitrogen and oxygen atoms in total. The highest BCUT2D eigenvalue weighted by Crippen LogP contribution is 2.29. The Labute approximate surface area is 145 Å². The molecule has 120 valence electrons.